The largest absolute Gasteiger partial charge is 0.322 e. The first-order valence-corrected chi connectivity index (χ1v) is 5.06. The summed E-state index contributed by atoms with van der Waals surface area (Å²) in [5.74, 6) is 0.163. The lowest BCUT2D eigenvalue weighted by atomic mass is 10.0. The van der Waals surface area contributed by atoms with Crippen LogP contribution in [0.4, 0.5) is 0 Å². The number of carbonyl (C=O) groups excluding carboxylic acids is 1. The van der Waals surface area contributed by atoms with Crippen LogP contribution in [0.3, 0.4) is 0 Å². The molecule has 0 heterocycles. The van der Waals surface area contributed by atoms with Crippen molar-refractivity contribution >= 4 is 5.78 Å². The number of Topliss-reactive ketones (excluding diaryl/α,β-unsaturated/α-hetero) is 1. The Balaban J connectivity index is 2.38. The van der Waals surface area contributed by atoms with E-state index in [9.17, 15) is 4.79 Å². The van der Waals surface area contributed by atoms with Crippen molar-refractivity contribution in [1.82, 2.24) is 0 Å². The normalized spacial score (nSPS) is 12.4. The zero-order valence-corrected chi connectivity index (χ0v) is 8.57. The molecule has 76 valence electrons. The van der Waals surface area contributed by atoms with E-state index in [2.05, 4.69) is 0 Å². The fourth-order valence-electron chi connectivity index (χ4n) is 1.33. The van der Waals surface area contributed by atoms with Gasteiger partial charge in [-0.25, -0.2) is 0 Å². The molecule has 14 heavy (non-hydrogen) atoms. The minimum atomic E-state index is -0.279. The van der Waals surface area contributed by atoms with Crippen molar-refractivity contribution in [3.8, 4) is 0 Å². The molecular formula is C12H17NO. The molecule has 2 heteroatoms. The number of rotatable bonds is 5. The van der Waals surface area contributed by atoms with Crippen molar-refractivity contribution < 1.29 is 4.79 Å². The van der Waals surface area contributed by atoms with E-state index in [1.54, 1.807) is 0 Å². The second kappa shape index (κ2) is 5.55. The predicted molar refractivity (Wildman–Crippen MR) is 58.0 cm³/mol. The van der Waals surface area contributed by atoms with E-state index < -0.39 is 0 Å². The quantitative estimate of drug-likeness (QED) is 0.772. The van der Waals surface area contributed by atoms with Crippen molar-refractivity contribution in [3.05, 3.63) is 35.9 Å². The smallest absolute Gasteiger partial charge is 0.149 e. The topological polar surface area (TPSA) is 43.1 Å². The van der Waals surface area contributed by atoms with Crippen molar-refractivity contribution in [1.29, 1.82) is 0 Å². The fraction of sp³-hybridized carbons (Fsp3) is 0.417. The maximum Gasteiger partial charge on any atom is 0.149 e. The monoisotopic (exact) mass is 191 g/mol. The Morgan fingerprint density at radius 2 is 2.00 bits per heavy atom. The summed E-state index contributed by atoms with van der Waals surface area (Å²) in [5, 5.41) is 0. The van der Waals surface area contributed by atoms with Crippen LogP contribution in [0.5, 0.6) is 0 Å². The number of hydrogen-bond acceptors (Lipinski definition) is 2. The molecule has 1 aromatic rings. The molecule has 1 unspecified atom stereocenters. The maximum atomic E-state index is 11.4. The number of aryl methyl sites for hydroxylation is 1. The lowest BCUT2D eigenvalue weighted by Crippen LogP contribution is -2.29. The van der Waals surface area contributed by atoms with Crippen LogP contribution < -0.4 is 5.73 Å². The van der Waals surface area contributed by atoms with E-state index in [4.69, 9.17) is 5.73 Å². The van der Waals surface area contributed by atoms with Gasteiger partial charge in [-0.2, -0.15) is 0 Å². The molecule has 0 aliphatic heterocycles. The van der Waals surface area contributed by atoms with Gasteiger partial charge in [-0.1, -0.05) is 37.3 Å². The Labute approximate surface area is 85.1 Å². The Morgan fingerprint density at radius 3 is 2.57 bits per heavy atom. The zero-order chi connectivity index (χ0) is 10.4. The Kier molecular flexibility index (Phi) is 4.33. The summed E-state index contributed by atoms with van der Waals surface area (Å²) in [6.07, 6.45) is 2.08. The van der Waals surface area contributed by atoms with E-state index in [1.807, 2.05) is 37.3 Å². The van der Waals surface area contributed by atoms with Crippen LogP contribution in [-0.4, -0.2) is 11.8 Å². The maximum absolute atomic E-state index is 11.4. The number of carbonyl (C=O) groups is 1. The van der Waals surface area contributed by atoms with Gasteiger partial charge >= 0.3 is 0 Å². The summed E-state index contributed by atoms with van der Waals surface area (Å²) in [6.45, 7) is 1.94. The van der Waals surface area contributed by atoms with Gasteiger partial charge in [0.25, 0.3) is 0 Å². The van der Waals surface area contributed by atoms with E-state index in [0.29, 0.717) is 6.42 Å². The number of ketones is 1. The first kappa shape index (κ1) is 10.9. The zero-order valence-electron chi connectivity index (χ0n) is 8.57. The third-order valence-electron chi connectivity index (χ3n) is 2.36. The number of nitrogens with two attached hydrogens (primary N) is 1. The summed E-state index contributed by atoms with van der Waals surface area (Å²) in [7, 11) is 0. The highest BCUT2D eigenvalue weighted by Gasteiger charge is 2.10. The van der Waals surface area contributed by atoms with Gasteiger partial charge in [0.15, 0.2) is 0 Å². The molecule has 2 N–H and O–H groups in total. The van der Waals surface area contributed by atoms with Gasteiger partial charge in [0, 0.05) is 6.42 Å². The molecule has 0 saturated carbocycles. The molecule has 0 amide bonds. The second-order valence-electron chi connectivity index (χ2n) is 3.47. The van der Waals surface area contributed by atoms with Gasteiger partial charge in [0.05, 0.1) is 6.04 Å². The van der Waals surface area contributed by atoms with Crippen molar-refractivity contribution in [3.63, 3.8) is 0 Å². The molecular weight excluding hydrogens is 174 g/mol. The standard InChI is InChI=1S/C12H17NO/c1-2-11(13)12(14)9-8-10-6-4-3-5-7-10/h3-7,11H,2,8-9,13H2,1H3. The molecule has 0 saturated heterocycles. The number of hydrogen-bond donors (Lipinski definition) is 1. The number of benzene rings is 1. The summed E-state index contributed by atoms with van der Waals surface area (Å²) in [6, 6.07) is 9.73. The Bertz CT molecular complexity index is 282. The highest BCUT2D eigenvalue weighted by atomic mass is 16.1. The van der Waals surface area contributed by atoms with Crippen molar-refractivity contribution in [2.45, 2.75) is 32.2 Å². The van der Waals surface area contributed by atoms with Crippen LogP contribution in [0.1, 0.15) is 25.3 Å². The summed E-state index contributed by atoms with van der Waals surface area (Å²) < 4.78 is 0. The predicted octanol–water partition coefficient (Wildman–Crippen LogP) is 1.93. The van der Waals surface area contributed by atoms with Crippen LogP contribution in [0, 0.1) is 0 Å². The first-order valence-electron chi connectivity index (χ1n) is 5.06. The van der Waals surface area contributed by atoms with Crippen LogP contribution >= 0.6 is 0 Å². The van der Waals surface area contributed by atoms with Crippen molar-refractivity contribution in [2.24, 2.45) is 5.73 Å². The molecule has 0 fully saturated rings. The highest BCUT2D eigenvalue weighted by molar-refractivity contribution is 5.83. The van der Waals surface area contributed by atoms with Crippen LogP contribution in [0.15, 0.2) is 30.3 Å². The molecule has 0 radical (unpaired) electrons. The average molecular weight is 191 g/mol. The minimum absolute atomic E-state index is 0.163. The molecule has 0 spiro atoms. The van der Waals surface area contributed by atoms with E-state index >= 15 is 0 Å². The molecule has 1 aromatic carbocycles. The summed E-state index contributed by atoms with van der Waals surface area (Å²) in [5.41, 5.74) is 6.83. The minimum Gasteiger partial charge on any atom is -0.322 e. The molecule has 1 atom stereocenters. The van der Waals surface area contributed by atoms with Gasteiger partial charge in [-0.15, -0.1) is 0 Å². The Hall–Kier alpha value is -1.15. The van der Waals surface area contributed by atoms with Gasteiger partial charge < -0.3 is 5.73 Å². The summed E-state index contributed by atoms with van der Waals surface area (Å²) >= 11 is 0. The first-order chi connectivity index (χ1) is 6.74. The van der Waals surface area contributed by atoms with Crippen LogP contribution in [0.2, 0.25) is 0 Å². The SMILES string of the molecule is CCC(N)C(=O)CCc1ccccc1. The van der Waals surface area contributed by atoms with Crippen LogP contribution in [-0.2, 0) is 11.2 Å². The third-order valence-corrected chi connectivity index (χ3v) is 2.36. The van der Waals surface area contributed by atoms with Gasteiger partial charge in [0.2, 0.25) is 0 Å². The third kappa shape index (κ3) is 3.30. The van der Waals surface area contributed by atoms with Gasteiger partial charge in [0.1, 0.15) is 5.78 Å². The lowest BCUT2D eigenvalue weighted by Gasteiger charge is -2.06. The fourth-order valence-corrected chi connectivity index (χ4v) is 1.33. The van der Waals surface area contributed by atoms with Gasteiger partial charge in [-0.3, -0.25) is 4.79 Å². The molecule has 1 rings (SSSR count). The van der Waals surface area contributed by atoms with E-state index in [1.165, 1.54) is 5.56 Å². The lowest BCUT2D eigenvalue weighted by molar-refractivity contribution is -0.120. The Morgan fingerprint density at radius 1 is 1.36 bits per heavy atom. The second-order valence-corrected chi connectivity index (χ2v) is 3.47. The summed E-state index contributed by atoms with van der Waals surface area (Å²) in [4.78, 5) is 11.4. The molecule has 0 aromatic heterocycles. The van der Waals surface area contributed by atoms with Gasteiger partial charge in [-0.05, 0) is 18.4 Å². The van der Waals surface area contributed by atoms with Crippen LogP contribution in [0.25, 0.3) is 0 Å². The van der Waals surface area contributed by atoms with E-state index in [0.717, 1.165) is 12.8 Å². The molecule has 0 aliphatic rings. The highest BCUT2D eigenvalue weighted by Crippen LogP contribution is 2.04. The molecule has 0 aliphatic carbocycles. The average Bonchev–Trinajstić information content (AvgIpc) is 2.26. The molecule has 2 nitrogen and oxygen atoms in total. The molecule has 0 bridgehead atoms. The van der Waals surface area contributed by atoms with E-state index in [-0.39, 0.29) is 11.8 Å². The van der Waals surface area contributed by atoms with Crippen molar-refractivity contribution in [2.75, 3.05) is 0 Å².